The molecule has 0 atom stereocenters. The highest BCUT2D eigenvalue weighted by Gasteiger charge is 2.15. The summed E-state index contributed by atoms with van der Waals surface area (Å²) in [5.74, 6) is -0.605. The standard InChI is InChI=1S/C13H20N4O3/c1-3-16(4-2)8-7-15-11-9-10(13(14)18)5-6-12(11)17(19)20/h5-6,9,15H,3-4,7-8H2,1-2H3,(H2,14,18). The molecule has 3 N–H and O–H groups in total. The van der Waals surface area contributed by atoms with Gasteiger partial charge in [0, 0.05) is 24.7 Å². The summed E-state index contributed by atoms with van der Waals surface area (Å²) in [5.41, 5.74) is 5.69. The second-order valence-electron chi connectivity index (χ2n) is 4.31. The summed E-state index contributed by atoms with van der Waals surface area (Å²) in [6.45, 7) is 7.28. The molecule has 1 amide bonds. The summed E-state index contributed by atoms with van der Waals surface area (Å²) in [6, 6.07) is 4.07. The molecule has 110 valence electrons. The number of carbonyl (C=O) groups is 1. The summed E-state index contributed by atoms with van der Waals surface area (Å²) in [7, 11) is 0. The van der Waals surface area contributed by atoms with Gasteiger partial charge in [-0.25, -0.2) is 0 Å². The van der Waals surface area contributed by atoms with Gasteiger partial charge in [-0.15, -0.1) is 0 Å². The summed E-state index contributed by atoms with van der Waals surface area (Å²) in [6.07, 6.45) is 0. The molecule has 1 aromatic carbocycles. The predicted molar refractivity (Wildman–Crippen MR) is 77.9 cm³/mol. The van der Waals surface area contributed by atoms with Crippen molar-refractivity contribution in [1.29, 1.82) is 0 Å². The third-order valence-electron chi connectivity index (χ3n) is 3.12. The quantitative estimate of drug-likeness (QED) is 0.554. The van der Waals surface area contributed by atoms with Crippen LogP contribution in [0.4, 0.5) is 11.4 Å². The molecule has 0 saturated heterocycles. The van der Waals surface area contributed by atoms with Crippen molar-refractivity contribution in [2.24, 2.45) is 5.73 Å². The van der Waals surface area contributed by atoms with Crippen LogP contribution in [0, 0.1) is 10.1 Å². The van der Waals surface area contributed by atoms with Crippen LogP contribution >= 0.6 is 0 Å². The highest BCUT2D eigenvalue weighted by molar-refractivity contribution is 5.94. The van der Waals surface area contributed by atoms with Crippen molar-refractivity contribution in [3.63, 3.8) is 0 Å². The van der Waals surface area contributed by atoms with Crippen molar-refractivity contribution in [2.75, 3.05) is 31.5 Å². The molecule has 7 heteroatoms. The topological polar surface area (TPSA) is 102 Å². The second kappa shape index (κ2) is 7.44. The maximum Gasteiger partial charge on any atom is 0.292 e. The van der Waals surface area contributed by atoms with Gasteiger partial charge >= 0.3 is 0 Å². The van der Waals surface area contributed by atoms with E-state index in [9.17, 15) is 14.9 Å². The molecule has 0 aliphatic carbocycles. The molecular formula is C13H20N4O3. The molecule has 0 heterocycles. The van der Waals surface area contributed by atoms with E-state index in [0.717, 1.165) is 19.6 Å². The molecular weight excluding hydrogens is 260 g/mol. The number of rotatable bonds is 8. The highest BCUT2D eigenvalue weighted by atomic mass is 16.6. The Kier molecular flexibility index (Phi) is 5.92. The van der Waals surface area contributed by atoms with E-state index in [1.165, 1.54) is 18.2 Å². The third kappa shape index (κ3) is 4.20. The van der Waals surface area contributed by atoms with Crippen molar-refractivity contribution in [3.05, 3.63) is 33.9 Å². The van der Waals surface area contributed by atoms with Gasteiger partial charge in [-0.2, -0.15) is 0 Å². The lowest BCUT2D eigenvalue weighted by Crippen LogP contribution is -2.28. The molecule has 0 aliphatic rings. The predicted octanol–water partition coefficient (Wildman–Crippen LogP) is 1.45. The second-order valence-corrected chi connectivity index (χ2v) is 4.31. The fraction of sp³-hybridized carbons (Fsp3) is 0.462. The molecule has 0 spiro atoms. The molecule has 0 saturated carbocycles. The first kappa shape index (κ1) is 15.9. The van der Waals surface area contributed by atoms with Gasteiger partial charge in [-0.3, -0.25) is 14.9 Å². The van der Waals surface area contributed by atoms with Crippen LogP contribution in [0.25, 0.3) is 0 Å². The zero-order chi connectivity index (χ0) is 15.1. The van der Waals surface area contributed by atoms with Gasteiger partial charge in [-0.05, 0) is 25.2 Å². The molecule has 1 rings (SSSR count). The fourth-order valence-corrected chi connectivity index (χ4v) is 1.88. The molecule has 0 bridgehead atoms. The number of nitrogens with zero attached hydrogens (tertiary/aromatic N) is 2. The molecule has 7 nitrogen and oxygen atoms in total. The maximum atomic E-state index is 11.1. The third-order valence-corrected chi connectivity index (χ3v) is 3.12. The van der Waals surface area contributed by atoms with Crippen molar-refractivity contribution in [3.8, 4) is 0 Å². The average molecular weight is 280 g/mol. The van der Waals surface area contributed by atoms with Crippen molar-refractivity contribution in [1.82, 2.24) is 4.90 Å². The Morgan fingerprint density at radius 3 is 2.55 bits per heavy atom. The molecule has 0 unspecified atom stereocenters. The number of nitrogens with one attached hydrogen (secondary N) is 1. The molecule has 20 heavy (non-hydrogen) atoms. The molecule has 1 aromatic rings. The Bertz CT molecular complexity index is 487. The zero-order valence-corrected chi connectivity index (χ0v) is 11.8. The summed E-state index contributed by atoms with van der Waals surface area (Å²) >= 11 is 0. The molecule has 0 fully saturated rings. The van der Waals surface area contributed by atoms with Gasteiger partial charge in [0.15, 0.2) is 0 Å². The van der Waals surface area contributed by atoms with Crippen LogP contribution in [0.3, 0.4) is 0 Å². The van der Waals surface area contributed by atoms with Crippen LogP contribution in [0.1, 0.15) is 24.2 Å². The number of hydrogen-bond acceptors (Lipinski definition) is 5. The van der Waals surface area contributed by atoms with Gasteiger partial charge in [-0.1, -0.05) is 13.8 Å². The maximum absolute atomic E-state index is 11.1. The van der Waals surface area contributed by atoms with E-state index in [4.69, 9.17) is 5.73 Å². The van der Waals surface area contributed by atoms with Gasteiger partial charge in [0.25, 0.3) is 5.69 Å². The molecule has 0 aliphatic heterocycles. The monoisotopic (exact) mass is 280 g/mol. The number of benzene rings is 1. The number of hydrogen-bond donors (Lipinski definition) is 2. The molecule has 0 radical (unpaired) electrons. The van der Waals surface area contributed by atoms with Crippen LogP contribution in [-0.4, -0.2) is 41.9 Å². The number of amides is 1. The lowest BCUT2D eigenvalue weighted by atomic mass is 10.1. The first-order chi connectivity index (χ1) is 9.49. The van der Waals surface area contributed by atoms with Crippen LogP contribution < -0.4 is 11.1 Å². The van der Waals surface area contributed by atoms with E-state index >= 15 is 0 Å². The Morgan fingerprint density at radius 2 is 2.05 bits per heavy atom. The average Bonchev–Trinajstić information content (AvgIpc) is 2.43. The number of nitro groups is 1. The number of primary amides is 1. The largest absolute Gasteiger partial charge is 0.378 e. The highest BCUT2D eigenvalue weighted by Crippen LogP contribution is 2.25. The van der Waals surface area contributed by atoms with Crippen molar-refractivity contribution in [2.45, 2.75) is 13.8 Å². The van der Waals surface area contributed by atoms with Gasteiger partial charge in [0.2, 0.25) is 5.91 Å². The number of carbonyl (C=O) groups excluding carboxylic acids is 1. The number of nitrogens with two attached hydrogens (primary N) is 1. The number of anilines is 1. The van der Waals surface area contributed by atoms with Crippen LogP contribution in [0.5, 0.6) is 0 Å². The van der Waals surface area contributed by atoms with Crippen LogP contribution in [0.15, 0.2) is 18.2 Å². The lowest BCUT2D eigenvalue weighted by Gasteiger charge is -2.18. The number of likely N-dealkylation sites (N-methyl/N-ethyl adjacent to an activating group) is 1. The van der Waals surface area contributed by atoms with Crippen molar-refractivity contribution < 1.29 is 9.72 Å². The van der Waals surface area contributed by atoms with E-state index in [1.54, 1.807) is 0 Å². The van der Waals surface area contributed by atoms with Crippen LogP contribution in [0.2, 0.25) is 0 Å². The van der Waals surface area contributed by atoms with E-state index in [0.29, 0.717) is 12.2 Å². The smallest absolute Gasteiger partial charge is 0.292 e. The zero-order valence-electron chi connectivity index (χ0n) is 11.8. The lowest BCUT2D eigenvalue weighted by molar-refractivity contribution is -0.384. The fourth-order valence-electron chi connectivity index (χ4n) is 1.88. The normalized spacial score (nSPS) is 10.6. The van der Waals surface area contributed by atoms with Gasteiger partial charge in [0.1, 0.15) is 5.69 Å². The van der Waals surface area contributed by atoms with Gasteiger partial charge < -0.3 is 16.0 Å². The van der Waals surface area contributed by atoms with E-state index in [-0.39, 0.29) is 11.3 Å². The van der Waals surface area contributed by atoms with Gasteiger partial charge in [0.05, 0.1) is 4.92 Å². The number of nitro benzene ring substituents is 1. The first-order valence-corrected chi connectivity index (χ1v) is 6.54. The summed E-state index contributed by atoms with van der Waals surface area (Å²) in [4.78, 5) is 23.8. The molecule has 0 aromatic heterocycles. The SMILES string of the molecule is CCN(CC)CCNc1cc(C(N)=O)ccc1[N+](=O)[O-]. The Morgan fingerprint density at radius 1 is 1.40 bits per heavy atom. The Hall–Kier alpha value is -2.15. The minimum absolute atomic E-state index is 0.0606. The first-order valence-electron chi connectivity index (χ1n) is 6.54. The Balaban J connectivity index is 2.82. The minimum Gasteiger partial charge on any atom is -0.378 e. The Labute approximate surface area is 117 Å². The van der Waals surface area contributed by atoms with E-state index in [1.807, 2.05) is 0 Å². The van der Waals surface area contributed by atoms with E-state index < -0.39 is 10.8 Å². The van der Waals surface area contributed by atoms with E-state index in [2.05, 4.69) is 24.1 Å². The van der Waals surface area contributed by atoms with Crippen molar-refractivity contribution >= 4 is 17.3 Å². The summed E-state index contributed by atoms with van der Waals surface area (Å²) in [5, 5.41) is 13.9. The minimum atomic E-state index is -0.605. The van der Waals surface area contributed by atoms with Crippen LogP contribution in [-0.2, 0) is 0 Å². The summed E-state index contributed by atoms with van der Waals surface area (Å²) < 4.78 is 0.